The van der Waals surface area contributed by atoms with Gasteiger partial charge in [0.25, 0.3) is 0 Å². The van der Waals surface area contributed by atoms with Crippen molar-refractivity contribution in [1.82, 2.24) is 9.78 Å². The lowest BCUT2D eigenvalue weighted by Crippen LogP contribution is -2.03. The van der Waals surface area contributed by atoms with Crippen LogP contribution in [0, 0.1) is 0 Å². The van der Waals surface area contributed by atoms with Crippen LogP contribution in [0.15, 0.2) is 12.4 Å². The number of ether oxygens (including phenoxy) is 1. The van der Waals surface area contributed by atoms with Gasteiger partial charge in [-0.2, -0.15) is 5.10 Å². The number of ketones is 1. The summed E-state index contributed by atoms with van der Waals surface area (Å²) in [6, 6.07) is 0. The summed E-state index contributed by atoms with van der Waals surface area (Å²) < 4.78 is 6.97. The zero-order chi connectivity index (χ0) is 10.4. The van der Waals surface area contributed by atoms with Gasteiger partial charge in [-0.15, -0.1) is 0 Å². The molecule has 4 nitrogen and oxygen atoms in total. The van der Waals surface area contributed by atoms with Gasteiger partial charge in [-0.3, -0.25) is 9.48 Å². The predicted octanol–water partition coefficient (Wildman–Crippen LogP) is 1.51. The fourth-order valence-electron chi connectivity index (χ4n) is 1.14. The zero-order valence-corrected chi connectivity index (χ0v) is 8.69. The van der Waals surface area contributed by atoms with Gasteiger partial charge in [0.15, 0.2) is 5.78 Å². The molecule has 0 fully saturated rings. The molecule has 0 unspecified atom stereocenters. The molecule has 0 saturated carbocycles. The van der Waals surface area contributed by atoms with Crippen molar-refractivity contribution < 1.29 is 9.53 Å². The van der Waals surface area contributed by atoms with E-state index in [9.17, 15) is 4.79 Å². The SMILES string of the molecule is CCOCCCn1cc(C(C)=O)cn1. The second-order valence-electron chi connectivity index (χ2n) is 3.10. The van der Waals surface area contributed by atoms with Gasteiger partial charge in [-0.1, -0.05) is 0 Å². The van der Waals surface area contributed by atoms with Crippen LogP contribution in [0.5, 0.6) is 0 Å². The molecule has 1 aromatic heterocycles. The summed E-state index contributed by atoms with van der Waals surface area (Å²) in [7, 11) is 0. The third-order valence-electron chi connectivity index (χ3n) is 1.92. The van der Waals surface area contributed by atoms with E-state index < -0.39 is 0 Å². The Morgan fingerprint density at radius 1 is 1.64 bits per heavy atom. The summed E-state index contributed by atoms with van der Waals surface area (Å²) in [4.78, 5) is 11.0. The van der Waals surface area contributed by atoms with Crippen LogP contribution in [0.4, 0.5) is 0 Å². The summed E-state index contributed by atoms with van der Waals surface area (Å²) >= 11 is 0. The summed E-state index contributed by atoms with van der Waals surface area (Å²) in [5.41, 5.74) is 0.668. The lowest BCUT2D eigenvalue weighted by Gasteiger charge is -2.01. The fourth-order valence-corrected chi connectivity index (χ4v) is 1.14. The van der Waals surface area contributed by atoms with Crippen LogP contribution in [-0.2, 0) is 11.3 Å². The molecular formula is C10H16N2O2. The first-order valence-electron chi connectivity index (χ1n) is 4.85. The van der Waals surface area contributed by atoms with Gasteiger partial charge in [0.05, 0.1) is 11.8 Å². The molecule has 0 aliphatic heterocycles. The molecule has 78 valence electrons. The highest BCUT2D eigenvalue weighted by atomic mass is 16.5. The van der Waals surface area contributed by atoms with Crippen LogP contribution < -0.4 is 0 Å². The van der Waals surface area contributed by atoms with Crippen molar-refractivity contribution >= 4 is 5.78 Å². The Labute approximate surface area is 83.9 Å². The largest absolute Gasteiger partial charge is 0.382 e. The number of aromatic nitrogens is 2. The van der Waals surface area contributed by atoms with Gasteiger partial charge in [0.2, 0.25) is 0 Å². The van der Waals surface area contributed by atoms with E-state index in [1.54, 1.807) is 24.0 Å². The van der Waals surface area contributed by atoms with Gasteiger partial charge in [0.1, 0.15) is 0 Å². The van der Waals surface area contributed by atoms with Crippen LogP contribution in [0.25, 0.3) is 0 Å². The molecular weight excluding hydrogens is 180 g/mol. The average Bonchev–Trinajstić information content (AvgIpc) is 2.61. The molecule has 0 bridgehead atoms. The van der Waals surface area contributed by atoms with E-state index >= 15 is 0 Å². The lowest BCUT2D eigenvalue weighted by molar-refractivity contribution is 0.101. The highest BCUT2D eigenvalue weighted by molar-refractivity contribution is 5.93. The summed E-state index contributed by atoms with van der Waals surface area (Å²) in [5.74, 6) is 0.0565. The van der Waals surface area contributed by atoms with E-state index in [4.69, 9.17) is 4.74 Å². The van der Waals surface area contributed by atoms with Gasteiger partial charge >= 0.3 is 0 Å². The quantitative estimate of drug-likeness (QED) is 0.511. The number of aryl methyl sites for hydroxylation is 1. The van der Waals surface area contributed by atoms with Crippen LogP contribution in [-0.4, -0.2) is 28.8 Å². The Bertz CT molecular complexity index is 294. The maximum atomic E-state index is 11.0. The molecule has 0 N–H and O–H groups in total. The van der Waals surface area contributed by atoms with Gasteiger partial charge < -0.3 is 4.74 Å². The molecule has 0 atom stereocenters. The van der Waals surface area contributed by atoms with E-state index in [0.29, 0.717) is 5.56 Å². The average molecular weight is 196 g/mol. The maximum absolute atomic E-state index is 11.0. The maximum Gasteiger partial charge on any atom is 0.162 e. The van der Waals surface area contributed by atoms with Crippen LogP contribution >= 0.6 is 0 Å². The van der Waals surface area contributed by atoms with E-state index in [0.717, 1.165) is 26.2 Å². The second kappa shape index (κ2) is 5.54. The molecule has 0 amide bonds. The number of rotatable bonds is 6. The number of hydrogen-bond donors (Lipinski definition) is 0. The zero-order valence-electron chi connectivity index (χ0n) is 8.69. The number of hydrogen-bond acceptors (Lipinski definition) is 3. The molecule has 0 radical (unpaired) electrons. The topological polar surface area (TPSA) is 44.1 Å². The highest BCUT2D eigenvalue weighted by Crippen LogP contribution is 1.99. The molecule has 0 aliphatic carbocycles. The number of carbonyl (C=O) groups excluding carboxylic acids is 1. The Morgan fingerprint density at radius 3 is 3.00 bits per heavy atom. The Hall–Kier alpha value is -1.16. The van der Waals surface area contributed by atoms with Crippen molar-refractivity contribution in [1.29, 1.82) is 0 Å². The molecule has 0 aliphatic rings. The van der Waals surface area contributed by atoms with Gasteiger partial charge in [0, 0.05) is 26.0 Å². The number of carbonyl (C=O) groups is 1. The summed E-state index contributed by atoms with van der Waals surface area (Å²) in [5, 5.41) is 4.08. The van der Waals surface area contributed by atoms with Crippen LogP contribution in [0.2, 0.25) is 0 Å². The van der Waals surface area contributed by atoms with Crippen LogP contribution in [0.1, 0.15) is 30.6 Å². The Balaban J connectivity index is 2.33. The lowest BCUT2D eigenvalue weighted by atomic mass is 10.3. The molecule has 1 heterocycles. The predicted molar refractivity (Wildman–Crippen MR) is 53.3 cm³/mol. The van der Waals surface area contributed by atoms with E-state index in [1.807, 2.05) is 6.92 Å². The van der Waals surface area contributed by atoms with Crippen molar-refractivity contribution in [3.05, 3.63) is 18.0 Å². The van der Waals surface area contributed by atoms with Gasteiger partial charge in [-0.25, -0.2) is 0 Å². The third-order valence-corrected chi connectivity index (χ3v) is 1.92. The first-order chi connectivity index (χ1) is 6.74. The minimum Gasteiger partial charge on any atom is -0.382 e. The highest BCUT2D eigenvalue weighted by Gasteiger charge is 2.02. The molecule has 1 rings (SSSR count). The molecule has 14 heavy (non-hydrogen) atoms. The third kappa shape index (κ3) is 3.30. The molecule has 0 aromatic carbocycles. The van der Waals surface area contributed by atoms with Gasteiger partial charge in [-0.05, 0) is 20.3 Å². The first-order valence-corrected chi connectivity index (χ1v) is 4.85. The van der Waals surface area contributed by atoms with Crippen molar-refractivity contribution in [2.24, 2.45) is 0 Å². The molecule has 0 saturated heterocycles. The standard InChI is InChI=1S/C10H16N2O2/c1-3-14-6-4-5-12-8-10(7-11-12)9(2)13/h7-8H,3-6H2,1-2H3. The first kappa shape index (κ1) is 10.9. The number of nitrogens with zero attached hydrogens (tertiary/aromatic N) is 2. The van der Waals surface area contributed by atoms with Crippen molar-refractivity contribution in [2.75, 3.05) is 13.2 Å². The normalized spacial score (nSPS) is 10.4. The fraction of sp³-hybridized carbons (Fsp3) is 0.600. The van der Waals surface area contributed by atoms with Crippen molar-refractivity contribution in [3.63, 3.8) is 0 Å². The van der Waals surface area contributed by atoms with Crippen LogP contribution in [0.3, 0.4) is 0 Å². The number of Topliss-reactive ketones (excluding diaryl/α,β-unsaturated/α-hetero) is 1. The molecule has 0 spiro atoms. The van der Waals surface area contributed by atoms with E-state index in [-0.39, 0.29) is 5.78 Å². The minimum absolute atomic E-state index is 0.0565. The van der Waals surface area contributed by atoms with E-state index in [2.05, 4.69) is 5.10 Å². The monoisotopic (exact) mass is 196 g/mol. The smallest absolute Gasteiger partial charge is 0.162 e. The second-order valence-corrected chi connectivity index (χ2v) is 3.10. The molecule has 4 heteroatoms. The molecule has 1 aromatic rings. The van der Waals surface area contributed by atoms with Crippen molar-refractivity contribution in [2.45, 2.75) is 26.8 Å². The Kier molecular flexibility index (Phi) is 4.32. The minimum atomic E-state index is 0.0565. The summed E-state index contributed by atoms with van der Waals surface area (Å²) in [6.07, 6.45) is 4.30. The van der Waals surface area contributed by atoms with Crippen molar-refractivity contribution in [3.8, 4) is 0 Å². The summed E-state index contributed by atoms with van der Waals surface area (Å²) in [6.45, 7) is 5.81. The van der Waals surface area contributed by atoms with E-state index in [1.165, 1.54) is 0 Å². The Morgan fingerprint density at radius 2 is 2.43 bits per heavy atom.